The first kappa shape index (κ1) is 16.6. The van der Waals surface area contributed by atoms with Gasteiger partial charge < -0.3 is 15.8 Å². The maximum atomic E-state index is 12.4. The first-order chi connectivity index (χ1) is 10.6. The highest BCUT2D eigenvalue weighted by molar-refractivity contribution is 6.00. The molecule has 0 aliphatic heterocycles. The van der Waals surface area contributed by atoms with Crippen molar-refractivity contribution in [3.05, 3.63) is 35.4 Å². The molecule has 0 saturated carbocycles. The number of hydrogen-bond acceptors (Lipinski definition) is 4. The van der Waals surface area contributed by atoms with Crippen molar-refractivity contribution in [2.45, 2.75) is 45.1 Å². The fraction of sp³-hybridized carbons (Fsp3) is 0.500. The number of carbonyl (C=O) groups is 1. The monoisotopic (exact) mass is 302 g/mol. The second-order valence-electron chi connectivity index (χ2n) is 5.85. The van der Waals surface area contributed by atoms with Gasteiger partial charge in [-0.1, -0.05) is 11.6 Å². The van der Waals surface area contributed by atoms with Gasteiger partial charge >= 0.3 is 0 Å². The number of ketones is 1. The van der Waals surface area contributed by atoms with E-state index < -0.39 is 0 Å². The van der Waals surface area contributed by atoms with Gasteiger partial charge in [0.15, 0.2) is 5.78 Å². The van der Waals surface area contributed by atoms with E-state index >= 15 is 0 Å². The third-order valence-electron chi connectivity index (χ3n) is 4.19. The first-order valence-electron chi connectivity index (χ1n) is 8.01. The summed E-state index contributed by atoms with van der Waals surface area (Å²) >= 11 is 0. The highest BCUT2D eigenvalue weighted by atomic mass is 16.5. The van der Waals surface area contributed by atoms with Gasteiger partial charge in [0.25, 0.3) is 0 Å². The van der Waals surface area contributed by atoms with Crippen molar-refractivity contribution in [3.8, 4) is 5.75 Å². The molecule has 1 aromatic rings. The van der Waals surface area contributed by atoms with E-state index in [-0.39, 0.29) is 11.8 Å². The van der Waals surface area contributed by atoms with Crippen molar-refractivity contribution >= 4 is 11.5 Å². The molecule has 0 aromatic heterocycles. The lowest BCUT2D eigenvalue weighted by Gasteiger charge is -2.16. The van der Waals surface area contributed by atoms with Crippen LogP contribution < -0.4 is 15.8 Å². The summed E-state index contributed by atoms with van der Waals surface area (Å²) < 4.78 is 5.11. The maximum absolute atomic E-state index is 12.4. The molecular formula is C18H26N2O2. The average Bonchev–Trinajstić information content (AvgIpc) is 2.55. The van der Waals surface area contributed by atoms with E-state index in [1.165, 1.54) is 31.3 Å². The van der Waals surface area contributed by atoms with Crippen LogP contribution in [0.5, 0.6) is 5.75 Å². The van der Waals surface area contributed by atoms with Crippen LogP contribution in [0.15, 0.2) is 29.8 Å². The SMILES string of the molecule is COc1ccc(C(=O)C(C)NCCC2=CCCCC2)cc1N. The van der Waals surface area contributed by atoms with Crippen molar-refractivity contribution in [1.29, 1.82) is 0 Å². The zero-order valence-corrected chi connectivity index (χ0v) is 13.5. The number of allylic oxidation sites excluding steroid dienone is 1. The van der Waals surface area contributed by atoms with E-state index in [4.69, 9.17) is 10.5 Å². The molecule has 1 aliphatic carbocycles. The lowest BCUT2D eigenvalue weighted by molar-refractivity contribution is 0.0951. The minimum Gasteiger partial charge on any atom is -0.495 e. The summed E-state index contributed by atoms with van der Waals surface area (Å²) in [6.07, 6.45) is 8.40. The van der Waals surface area contributed by atoms with Gasteiger partial charge in [-0.3, -0.25) is 4.79 Å². The van der Waals surface area contributed by atoms with Gasteiger partial charge in [-0.2, -0.15) is 0 Å². The zero-order chi connectivity index (χ0) is 15.9. The molecule has 0 heterocycles. The van der Waals surface area contributed by atoms with E-state index in [9.17, 15) is 4.79 Å². The van der Waals surface area contributed by atoms with E-state index in [1.807, 2.05) is 6.92 Å². The normalized spacial score (nSPS) is 16.0. The third kappa shape index (κ3) is 4.34. The molecule has 0 saturated heterocycles. The molecule has 1 aliphatic rings. The number of hydrogen-bond donors (Lipinski definition) is 2. The molecule has 0 spiro atoms. The van der Waals surface area contributed by atoms with Gasteiger partial charge in [0, 0.05) is 5.56 Å². The molecule has 0 amide bonds. The molecule has 1 atom stereocenters. The van der Waals surface area contributed by atoms with Crippen molar-refractivity contribution in [2.24, 2.45) is 0 Å². The molecule has 0 fully saturated rings. The van der Waals surface area contributed by atoms with E-state index in [1.54, 1.807) is 25.3 Å². The summed E-state index contributed by atoms with van der Waals surface area (Å²) in [5.74, 6) is 0.661. The van der Waals surface area contributed by atoms with E-state index in [2.05, 4.69) is 11.4 Å². The third-order valence-corrected chi connectivity index (χ3v) is 4.19. The summed E-state index contributed by atoms with van der Waals surface area (Å²) in [5.41, 5.74) is 8.50. The molecule has 0 bridgehead atoms. The number of Topliss-reactive ketones (excluding diaryl/α,β-unsaturated/α-hetero) is 1. The highest BCUT2D eigenvalue weighted by Crippen LogP contribution is 2.23. The fourth-order valence-electron chi connectivity index (χ4n) is 2.81. The number of nitrogens with one attached hydrogen (secondary N) is 1. The first-order valence-corrected chi connectivity index (χ1v) is 8.01. The van der Waals surface area contributed by atoms with Crippen LogP contribution in [0.3, 0.4) is 0 Å². The average molecular weight is 302 g/mol. The Labute approximate surface area is 132 Å². The minimum atomic E-state index is -0.211. The number of rotatable bonds is 7. The molecule has 4 heteroatoms. The van der Waals surface area contributed by atoms with Crippen molar-refractivity contribution in [2.75, 3.05) is 19.4 Å². The maximum Gasteiger partial charge on any atom is 0.179 e. The smallest absolute Gasteiger partial charge is 0.179 e. The molecule has 1 aromatic carbocycles. The highest BCUT2D eigenvalue weighted by Gasteiger charge is 2.16. The number of nitrogens with two attached hydrogens (primary N) is 1. The van der Waals surface area contributed by atoms with Crippen LogP contribution in [0.25, 0.3) is 0 Å². The van der Waals surface area contributed by atoms with Gasteiger partial charge in [-0.15, -0.1) is 0 Å². The van der Waals surface area contributed by atoms with E-state index in [0.717, 1.165) is 13.0 Å². The van der Waals surface area contributed by atoms with Crippen LogP contribution in [0.2, 0.25) is 0 Å². The van der Waals surface area contributed by atoms with Crippen molar-refractivity contribution < 1.29 is 9.53 Å². The fourth-order valence-corrected chi connectivity index (χ4v) is 2.81. The van der Waals surface area contributed by atoms with Crippen LogP contribution in [0.1, 0.15) is 49.4 Å². The Morgan fingerprint density at radius 2 is 2.23 bits per heavy atom. The van der Waals surface area contributed by atoms with Gasteiger partial charge in [-0.05, 0) is 63.8 Å². The van der Waals surface area contributed by atoms with Crippen molar-refractivity contribution in [3.63, 3.8) is 0 Å². The predicted octanol–water partition coefficient (Wildman–Crippen LogP) is 3.33. The summed E-state index contributed by atoms with van der Waals surface area (Å²) in [7, 11) is 1.57. The van der Waals surface area contributed by atoms with Crippen LogP contribution in [0, 0.1) is 0 Å². The van der Waals surface area contributed by atoms with Crippen LogP contribution in [-0.2, 0) is 0 Å². The standard InChI is InChI=1S/C18H26N2O2/c1-13(20-11-10-14-6-4-3-5-7-14)18(21)15-8-9-17(22-2)16(19)12-15/h6,8-9,12-13,20H,3-5,7,10-11,19H2,1-2H3. The Morgan fingerprint density at radius 1 is 1.41 bits per heavy atom. The largest absolute Gasteiger partial charge is 0.495 e. The lowest BCUT2D eigenvalue weighted by atomic mass is 9.97. The number of carbonyl (C=O) groups excluding carboxylic acids is 1. The van der Waals surface area contributed by atoms with Crippen molar-refractivity contribution in [1.82, 2.24) is 5.32 Å². The Morgan fingerprint density at radius 3 is 2.86 bits per heavy atom. The van der Waals surface area contributed by atoms with Gasteiger partial charge in [-0.25, -0.2) is 0 Å². The second kappa shape index (κ2) is 7.99. The molecule has 4 nitrogen and oxygen atoms in total. The zero-order valence-electron chi connectivity index (χ0n) is 13.5. The summed E-state index contributed by atoms with van der Waals surface area (Å²) in [5, 5.41) is 3.31. The van der Waals surface area contributed by atoms with Gasteiger partial charge in [0.1, 0.15) is 5.75 Å². The Kier molecular flexibility index (Phi) is 6.01. The summed E-state index contributed by atoms with van der Waals surface area (Å²) in [6, 6.07) is 4.97. The molecule has 22 heavy (non-hydrogen) atoms. The van der Waals surface area contributed by atoms with Crippen LogP contribution in [-0.4, -0.2) is 25.5 Å². The summed E-state index contributed by atoms with van der Waals surface area (Å²) in [4.78, 5) is 12.4. The van der Waals surface area contributed by atoms with Gasteiger partial charge in [0.05, 0.1) is 18.8 Å². The molecule has 3 N–H and O–H groups in total. The van der Waals surface area contributed by atoms with Crippen LogP contribution >= 0.6 is 0 Å². The predicted molar refractivity (Wildman–Crippen MR) is 90.4 cm³/mol. The number of anilines is 1. The Bertz CT molecular complexity index is 552. The molecule has 120 valence electrons. The minimum absolute atomic E-state index is 0.0620. The quantitative estimate of drug-likeness (QED) is 0.461. The Balaban J connectivity index is 1.86. The number of benzene rings is 1. The second-order valence-corrected chi connectivity index (χ2v) is 5.85. The number of nitrogen functional groups attached to an aromatic ring is 1. The lowest BCUT2D eigenvalue weighted by Crippen LogP contribution is -2.34. The summed E-state index contributed by atoms with van der Waals surface area (Å²) in [6.45, 7) is 2.74. The molecular weight excluding hydrogens is 276 g/mol. The van der Waals surface area contributed by atoms with Gasteiger partial charge in [0.2, 0.25) is 0 Å². The van der Waals surface area contributed by atoms with Crippen LogP contribution in [0.4, 0.5) is 5.69 Å². The molecule has 2 rings (SSSR count). The molecule has 1 unspecified atom stereocenters. The number of methoxy groups -OCH3 is 1. The molecule has 0 radical (unpaired) electrons. The topological polar surface area (TPSA) is 64.3 Å². The Hall–Kier alpha value is -1.81. The number of ether oxygens (including phenoxy) is 1. The van der Waals surface area contributed by atoms with E-state index in [0.29, 0.717) is 17.0 Å².